The van der Waals surface area contributed by atoms with Gasteiger partial charge in [0.25, 0.3) is 0 Å². The number of Topliss-reactive ketones (excluding diaryl/α,β-unsaturated/α-hetero) is 1. The number of carbonyl (C=O) groups excluding carboxylic acids is 1. The number of hydrogen-bond acceptors (Lipinski definition) is 5. The molecule has 0 fully saturated rings. The van der Waals surface area contributed by atoms with E-state index in [9.17, 15) is 15.0 Å². The first-order valence-electron chi connectivity index (χ1n) is 16.8. The van der Waals surface area contributed by atoms with Crippen molar-refractivity contribution < 1.29 is 19.7 Å². The lowest BCUT2D eigenvalue weighted by Gasteiger charge is -2.16. The van der Waals surface area contributed by atoms with Gasteiger partial charge >= 0.3 is 0 Å². The molecule has 0 radical (unpaired) electrons. The topological polar surface area (TPSA) is 78.8 Å². The van der Waals surface area contributed by atoms with Gasteiger partial charge in [-0.1, -0.05) is 149 Å². The van der Waals surface area contributed by atoms with Crippen LogP contribution in [0, 0.1) is 0 Å². The molecule has 2 unspecified atom stereocenters. The molecule has 2 atom stereocenters. The highest BCUT2D eigenvalue weighted by Crippen LogP contribution is 2.13. The number of aliphatic hydroxyl groups is 2. The molecule has 0 aromatic carbocycles. The summed E-state index contributed by atoms with van der Waals surface area (Å²) in [5.74, 6) is 0.0940. The van der Waals surface area contributed by atoms with Crippen LogP contribution in [0.5, 0.6) is 0 Å². The van der Waals surface area contributed by atoms with E-state index in [1.807, 2.05) is 0 Å². The molecule has 0 aliphatic heterocycles. The van der Waals surface area contributed by atoms with Crippen LogP contribution in [-0.2, 0) is 9.53 Å². The van der Waals surface area contributed by atoms with Gasteiger partial charge in [-0.05, 0) is 12.8 Å². The summed E-state index contributed by atoms with van der Waals surface area (Å²) in [4.78, 5) is 12.1. The molecule has 0 aromatic heterocycles. The van der Waals surface area contributed by atoms with E-state index in [1.54, 1.807) is 0 Å². The van der Waals surface area contributed by atoms with Crippen molar-refractivity contribution >= 4 is 5.78 Å². The van der Waals surface area contributed by atoms with Crippen molar-refractivity contribution in [3.8, 4) is 0 Å². The molecule has 0 spiro atoms. The Bertz CT molecular complexity index is 474. The molecule has 0 saturated carbocycles. The van der Waals surface area contributed by atoms with Gasteiger partial charge in [-0.15, -0.1) is 0 Å². The van der Waals surface area contributed by atoms with E-state index in [2.05, 4.69) is 19.2 Å². The van der Waals surface area contributed by atoms with Crippen LogP contribution in [0.2, 0.25) is 0 Å². The number of unbranched alkanes of at least 4 members (excludes halogenated alkanes) is 21. The van der Waals surface area contributed by atoms with Crippen molar-refractivity contribution in [3.63, 3.8) is 0 Å². The zero-order chi connectivity index (χ0) is 27.9. The number of rotatable bonds is 32. The molecule has 5 heteroatoms. The van der Waals surface area contributed by atoms with Gasteiger partial charge in [0.2, 0.25) is 0 Å². The summed E-state index contributed by atoms with van der Waals surface area (Å²) in [6, 6.07) is 0. The minimum absolute atomic E-state index is 0.0940. The first kappa shape index (κ1) is 37.5. The van der Waals surface area contributed by atoms with Crippen molar-refractivity contribution in [2.45, 2.75) is 187 Å². The molecule has 0 amide bonds. The Kier molecular flexibility index (Phi) is 30.6. The van der Waals surface area contributed by atoms with Crippen molar-refractivity contribution in [1.29, 1.82) is 0 Å². The highest BCUT2D eigenvalue weighted by Gasteiger charge is 2.12. The summed E-state index contributed by atoms with van der Waals surface area (Å²) in [6.07, 6.45) is 28.9. The van der Waals surface area contributed by atoms with E-state index in [-0.39, 0.29) is 25.4 Å². The Labute approximate surface area is 237 Å². The molecule has 0 bridgehead atoms. The summed E-state index contributed by atoms with van der Waals surface area (Å²) in [5.41, 5.74) is 0. The lowest BCUT2D eigenvalue weighted by atomic mass is 10.0. The second-order valence-electron chi connectivity index (χ2n) is 11.6. The fourth-order valence-electron chi connectivity index (χ4n) is 4.97. The van der Waals surface area contributed by atoms with Crippen LogP contribution >= 0.6 is 0 Å². The standard InChI is InChI=1S/C33H67NO4/c1-3-5-7-9-11-13-14-15-16-17-19-21-23-25-27-38-30-32(36)29-34-33(37)28-31(35)26-24-22-20-18-12-10-8-6-4-2/h32-34,36-37H,3-30H2,1-2H3. The van der Waals surface area contributed by atoms with Crippen molar-refractivity contribution in [2.24, 2.45) is 0 Å². The Balaban J connectivity index is 3.38. The average Bonchev–Trinajstić information content (AvgIpc) is 2.90. The predicted octanol–water partition coefficient (Wildman–Crippen LogP) is 8.63. The maximum atomic E-state index is 12.1. The molecular formula is C33H67NO4. The molecule has 3 N–H and O–H groups in total. The number of hydrogen-bond donors (Lipinski definition) is 3. The fourth-order valence-corrected chi connectivity index (χ4v) is 4.97. The third kappa shape index (κ3) is 30.1. The third-order valence-corrected chi connectivity index (χ3v) is 7.52. The Morgan fingerprint density at radius 2 is 1.00 bits per heavy atom. The van der Waals surface area contributed by atoms with Gasteiger partial charge in [-0.2, -0.15) is 0 Å². The highest BCUT2D eigenvalue weighted by atomic mass is 16.5. The summed E-state index contributed by atoms with van der Waals surface area (Å²) in [6.45, 7) is 5.70. The smallest absolute Gasteiger partial charge is 0.136 e. The van der Waals surface area contributed by atoms with Gasteiger partial charge < -0.3 is 14.9 Å². The summed E-state index contributed by atoms with van der Waals surface area (Å²) < 4.78 is 5.59. The second kappa shape index (κ2) is 31.0. The molecular weight excluding hydrogens is 474 g/mol. The van der Waals surface area contributed by atoms with Crippen LogP contribution in [0.25, 0.3) is 0 Å². The average molecular weight is 542 g/mol. The van der Waals surface area contributed by atoms with E-state index < -0.39 is 12.3 Å². The van der Waals surface area contributed by atoms with Crippen LogP contribution in [0.3, 0.4) is 0 Å². The van der Waals surface area contributed by atoms with E-state index in [0.29, 0.717) is 13.0 Å². The molecule has 0 saturated heterocycles. The van der Waals surface area contributed by atoms with Gasteiger partial charge in [-0.25, -0.2) is 0 Å². The van der Waals surface area contributed by atoms with Crippen LogP contribution in [-0.4, -0.2) is 48.1 Å². The maximum Gasteiger partial charge on any atom is 0.136 e. The molecule has 0 aliphatic carbocycles. The molecule has 38 heavy (non-hydrogen) atoms. The largest absolute Gasteiger partial charge is 0.389 e. The fraction of sp³-hybridized carbons (Fsp3) is 0.970. The number of ether oxygens (including phenoxy) is 1. The van der Waals surface area contributed by atoms with Crippen LogP contribution in [0.15, 0.2) is 0 Å². The first-order chi connectivity index (χ1) is 18.6. The maximum absolute atomic E-state index is 12.1. The number of carbonyl (C=O) groups is 1. The SMILES string of the molecule is CCCCCCCCCCCCCCCCOCC(O)CNC(O)CC(=O)CCCCCCCCCCC. The van der Waals surface area contributed by atoms with E-state index in [0.717, 1.165) is 19.3 Å². The van der Waals surface area contributed by atoms with Crippen LogP contribution in [0.4, 0.5) is 0 Å². The van der Waals surface area contributed by atoms with Crippen molar-refractivity contribution in [3.05, 3.63) is 0 Å². The molecule has 0 rings (SSSR count). The van der Waals surface area contributed by atoms with Crippen molar-refractivity contribution in [2.75, 3.05) is 19.8 Å². The van der Waals surface area contributed by atoms with E-state index >= 15 is 0 Å². The number of ketones is 1. The minimum Gasteiger partial charge on any atom is -0.389 e. The molecule has 0 aliphatic rings. The van der Waals surface area contributed by atoms with Crippen LogP contribution < -0.4 is 5.32 Å². The lowest BCUT2D eigenvalue weighted by molar-refractivity contribution is -0.121. The molecule has 228 valence electrons. The van der Waals surface area contributed by atoms with E-state index in [1.165, 1.54) is 128 Å². The zero-order valence-electron chi connectivity index (χ0n) is 25.7. The summed E-state index contributed by atoms with van der Waals surface area (Å²) in [5, 5.41) is 23.0. The first-order valence-corrected chi connectivity index (χ1v) is 16.8. The minimum atomic E-state index is -0.887. The Morgan fingerprint density at radius 3 is 1.45 bits per heavy atom. The van der Waals surface area contributed by atoms with Gasteiger partial charge in [0.15, 0.2) is 0 Å². The van der Waals surface area contributed by atoms with Gasteiger partial charge in [0, 0.05) is 26.0 Å². The Morgan fingerprint density at radius 1 is 0.605 bits per heavy atom. The monoisotopic (exact) mass is 542 g/mol. The predicted molar refractivity (Wildman–Crippen MR) is 163 cm³/mol. The Hall–Kier alpha value is -0.490. The normalized spacial score (nSPS) is 13.2. The zero-order valence-corrected chi connectivity index (χ0v) is 25.7. The second-order valence-corrected chi connectivity index (χ2v) is 11.6. The quantitative estimate of drug-likeness (QED) is 0.0587. The lowest BCUT2D eigenvalue weighted by Crippen LogP contribution is -2.38. The number of aliphatic hydroxyl groups excluding tert-OH is 2. The molecule has 0 aromatic rings. The third-order valence-electron chi connectivity index (χ3n) is 7.52. The molecule has 0 heterocycles. The molecule has 5 nitrogen and oxygen atoms in total. The van der Waals surface area contributed by atoms with Crippen molar-refractivity contribution in [1.82, 2.24) is 5.32 Å². The van der Waals surface area contributed by atoms with Gasteiger partial charge in [0.05, 0.1) is 12.7 Å². The van der Waals surface area contributed by atoms with Crippen LogP contribution in [0.1, 0.15) is 174 Å². The van der Waals surface area contributed by atoms with E-state index in [4.69, 9.17) is 4.74 Å². The number of nitrogens with one attached hydrogen (secondary N) is 1. The van der Waals surface area contributed by atoms with Gasteiger partial charge in [0.1, 0.15) is 12.0 Å². The van der Waals surface area contributed by atoms with Gasteiger partial charge in [-0.3, -0.25) is 10.1 Å². The summed E-state index contributed by atoms with van der Waals surface area (Å²) >= 11 is 0. The highest BCUT2D eigenvalue weighted by molar-refractivity contribution is 5.78. The summed E-state index contributed by atoms with van der Waals surface area (Å²) in [7, 11) is 0.